The van der Waals surface area contributed by atoms with Crippen molar-refractivity contribution in [3.63, 3.8) is 0 Å². The van der Waals surface area contributed by atoms with Crippen LogP contribution in [0.1, 0.15) is 37.9 Å². The molecule has 6 nitrogen and oxygen atoms in total. The summed E-state index contributed by atoms with van der Waals surface area (Å²) in [4.78, 5) is 12.6. The van der Waals surface area contributed by atoms with Gasteiger partial charge in [0.1, 0.15) is 29.1 Å². The molecule has 0 radical (unpaired) electrons. The van der Waals surface area contributed by atoms with Gasteiger partial charge in [-0.2, -0.15) is 10.5 Å². The number of hydrogen-bond donors (Lipinski definition) is 1. The van der Waals surface area contributed by atoms with Gasteiger partial charge in [0.25, 0.3) is 0 Å². The van der Waals surface area contributed by atoms with Gasteiger partial charge in [0, 0.05) is 17.1 Å². The Labute approximate surface area is 176 Å². The molecule has 1 amide bonds. The van der Waals surface area contributed by atoms with E-state index < -0.39 is 23.7 Å². The molecule has 0 fully saturated rings. The fraction of sp³-hybridized carbons (Fsp3) is 0.292. The number of amides is 1. The van der Waals surface area contributed by atoms with Crippen LogP contribution in [0.15, 0.2) is 60.2 Å². The monoisotopic (exact) mass is 401 g/mol. The van der Waals surface area contributed by atoms with Crippen molar-refractivity contribution in [3.05, 3.63) is 71.3 Å². The Kier molecular flexibility index (Phi) is 6.09. The summed E-state index contributed by atoms with van der Waals surface area (Å²) in [5.74, 6) is 0.153. The minimum Gasteiger partial charge on any atom is -0.492 e. The molecule has 3 rings (SSSR count). The number of allylic oxidation sites excluding steroid dienone is 1. The molecule has 0 saturated carbocycles. The second-order valence-electron chi connectivity index (χ2n) is 7.96. The lowest BCUT2D eigenvalue weighted by atomic mass is 9.80. The largest absolute Gasteiger partial charge is 0.492 e. The number of hydrogen-bond acceptors (Lipinski definition) is 5. The van der Waals surface area contributed by atoms with Crippen molar-refractivity contribution in [2.45, 2.75) is 32.4 Å². The molecular weight excluding hydrogens is 378 g/mol. The van der Waals surface area contributed by atoms with E-state index >= 15 is 0 Å². The Morgan fingerprint density at radius 1 is 1.10 bits per heavy atom. The summed E-state index contributed by atoms with van der Waals surface area (Å²) in [6, 6.07) is 20.2. The average Bonchev–Trinajstić information content (AvgIpc) is 2.72. The zero-order valence-electron chi connectivity index (χ0n) is 17.2. The van der Waals surface area contributed by atoms with E-state index in [4.69, 9.17) is 9.47 Å². The highest BCUT2D eigenvalue weighted by atomic mass is 16.6. The number of fused-ring (bicyclic) bond motifs is 1. The maximum Gasteiger partial charge on any atom is 0.408 e. The van der Waals surface area contributed by atoms with Gasteiger partial charge in [-0.25, -0.2) is 4.79 Å². The number of nitriles is 2. The van der Waals surface area contributed by atoms with Crippen LogP contribution in [0.25, 0.3) is 5.57 Å². The number of rotatable bonds is 3. The highest BCUT2D eigenvalue weighted by Gasteiger charge is 2.36. The fourth-order valence-electron chi connectivity index (χ4n) is 3.52. The van der Waals surface area contributed by atoms with E-state index in [0.29, 0.717) is 16.9 Å². The third-order valence-electron chi connectivity index (χ3n) is 4.69. The smallest absolute Gasteiger partial charge is 0.408 e. The van der Waals surface area contributed by atoms with Crippen molar-refractivity contribution in [1.29, 1.82) is 10.5 Å². The number of nitrogens with one attached hydrogen (secondary N) is 1. The van der Waals surface area contributed by atoms with Gasteiger partial charge in [0.15, 0.2) is 0 Å². The van der Waals surface area contributed by atoms with Gasteiger partial charge < -0.3 is 14.8 Å². The Bertz CT molecular complexity index is 1020. The fourth-order valence-corrected chi connectivity index (χ4v) is 3.52. The quantitative estimate of drug-likeness (QED) is 0.748. The zero-order valence-corrected chi connectivity index (χ0v) is 17.2. The van der Waals surface area contributed by atoms with E-state index in [1.165, 1.54) is 0 Å². The Morgan fingerprint density at radius 2 is 1.73 bits per heavy atom. The average molecular weight is 401 g/mol. The Balaban J connectivity index is 2.10. The van der Waals surface area contributed by atoms with Gasteiger partial charge in [0.2, 0.25) is 0 Å². The van der Waals surface area contributed by atoms with Crippen molar-refractivity contribution in [2.75, 3.05) is 6.61 Å². The first kappa shape index (κ1) is 21.0. The molecule has 0 aromatic heterocycles. The summed E-state index contributed by atoms with van der Waals surface area (Å²) in [6.07, 6.45) is -0.579. The normalized spacial score (nSPS) is 16.2. The maximum atomic E-state index is 12.6. The number of carbonyl (C=O) groups excluding carboxylic acids is 1. The molecule has 1 aliphatic heterocycles. The van der Waals surface area contributed by atoms with Crippen LogP contribution >= 0.6 is 0 Å². The van der Waals surface area contributed by atoms with Crippen LogP contribution in [0.5, 0.6) is 5.75 Å². The number of benzene rings is 2. The molecule has 2 unspecified atom stereocenters. The van der Waals surface area contributed by atoms with Gasteiger partial charge in [-0.15, -0.1) is 0 Å². The molecule has 1 N–H and O–H groups in total. The van der Waals surface area contributed by atoms with Crippen LogP contribution < -0.4 is 10.1 Å². The SMILES string of the molecule is CC(C)(C)OC(=O)NC(c1ccccc1)C1COc2ccccc2C1=C(C#N)C#N. The Hall–Kier alpha value is -3.77. The standard InChI is InChI=1S/C24H23N3O3/c1-24(2,3)30-23(28)27-22(16-9-5-4-6-10-16)19-15-29-20-12-8-7-11-18(20)21(19)17(13-25)14-26/h4-12,19,22H,15H2,1-3H3,(H,27,28). The number of carbonyl (C=O) groups is 1. The molecule has 2 atom stereocenters. The number of nitrogens with zero attached hydrogens (tertiary/aromatic N) is 2. The molecule has 0 bridgehead atoms. The second kappa shape index (κ2) is 8.71. The highest BCUT2D eigenvalue weighted by molar-refractivity contribution is 5.82. The first-order valence-electron chi connectivity index (χ1n) is 9.65. The van der Waals surface area contributed by atoms with Crippen LogP contribution in [-0.4, -0.2) is 18.3 Å². The lowest BCUT2D eigenvalue weighted by Crippen LogP contribution is -2.40. The lowest BCUT2D eigenvalue weighted by molar-refractivity contribution is 0.0484. The van der Waals surface area contributed by atoms with Gasteiger partial charge in [-0.05, 0) is 32.4 Å². The summed E-state index contributed by atoms with van der Waals surface area (Å²) in [5, 5.41) is 22.2. The molecule has 0 saturated heterocycles. The predicted octanol–water partition coefficient (Wildman–Crippen LogP) is 4.76. The van der Waals surface area contributed by atoms with Gasteiger partial charge in [0.05, 0.1) is 12.6 Å². The zero-order chi connectivity index (χ0) is 21.7. The van der Waals surface area contributed by atoms with Crippen LogP contribution in [0.2, 0.25) is 0 Å². The van der Waals surface area contributed by atoms with E-state index in [2.05, 4.69) is 5.32 Å². The van der Waals surface area contributed by atoms with Crippen LogP contribution in [0.3, 0.4) is 0 Å². The van der Waals surface area contributed by atoms with Crippen molar-refractivity contribution >= 4 is 11.7 Å². The highest BCUT2D eigenvalue weighted by Crippen LogP contribution is 2.43. The predicted molar refractivity (Wildman–Crippen MR) is 112 cm³/mol. The van der Waals surface area contributed by atoms with Crippen LogP contribution in [-0.2, 0) is 4.74 Å². The molecule has 1 heterocycles. The molecule has 2 aromatic rings. The first-order valence-corrected chi connectivity index (χ1v) is 9.65. The summed E-state index contributed by atoms with van der Waals surface area (Å²) in [6.45, 7) is 5.57. The van der Waals surface area contributed by atoms with E-state index in [9.17, 15) is 15.3 Å². The third-order valence-corrected chi connectivity index (χ3v) is 4.69. The molecule has 0 spiro atoms. The number of ether oxygens (including phenoxy) is 2. The minimum absolute atomic E-state index is 0.00247. The number of alkyl carbamates (subject to hydrolysis) is 1. The van der Waals surface area contributed by atoms with Gasteiger partial charge in [-0.1, -0.05) is 48.5 Å². The molecule has 152 valence electrons. The van der Waals surface area contributed by atoms with Crippen LogP contribution in [0.4, 0.5) is 4.79 Å². The lowest BCUT2D eigenvalue weighted by Gasteiger charge is -2.35. The molecule has 0 aliphatic carbocycles. The third kappa shape index (κ3) is 4.61. The minimum atomic E-state index is -0.663. The van der Waals surface area contributed by atoms with E-state index in [1.807, 2.05) is 60.7 Å². The molecular formula is C24H23N3O3. The summed E-state index contributed by atoms with van der Waals surface area (Å²) >= 11 is 0. The second-order valence-corrected chi connectivity index (χ2v) is 7.96. The van der Waals surface area contributed by atoms with Gasteiger partial charge in [-0.3, -0.25) is 0 Å². The molecule has 2 aromatic carbocycles. The number of para-hydroxylation sites is 1. The molecule has 30 heavy (non-hydrogen) atoms. The topological polar surface area (TPSA) is 95.1 Å². The molecule has 1 aliphatic rings. The maximum absolute atomic E-state index is 12.6. The van der Waals surface area contributed by atoms with Crippen LogP contribution in [0, 0.1) is 28.6 Å². The first-order chi connectivity index (χ1) is 14.3. The summed E-state index contributed by atoms with van der Waals surface area (Å²) in [5.41, 5.74) is 1.40. The van der Waals surface area contributed by atoms with E-state index in [-0.39, 0.29) is 12.2 Å². The van der Waals surface area contributed by atoms with Crippen molar-refractivity contribution < 1.29 is 14.3 Å². The Morgan fingerprint density at radius 3 is 2.37 bits per heavy atom. The van der Waals surface area contributed by atoms with Crippen molar-refractivity contribution in [2.24, 2.45) is 5.92 Å². The summed E-state index contributed by atoms with van der Waals surface area (Å²) in [7, 11) is 0. The molecule has 6 heteroatoms. The van der Waals surface area contributed by atoms with E-state index in [1.54, 1.807) is 26.8 Å². The summed E-state index contributed by atoms with van der Waals surface area (Å²) < 4.78 is 11.4. The van der Waals surface area contributed by atoms with Gasteiger partial charge >= 0.3 is 6.09 Å². The van der Waals surface area contributed by atoms with Crippen molar-refractivity contribution in [1.82, 2.24) is 5.32 Å². The van der Waals surface area contributed by atoms with E-state index in [0.717, 1.165) is 5.56 Å². The van der Waals surface area contributed by atoms with Crippen molar-refractivity contribution in [3.8, 4) is 17.9 Å².